The van der Waals surface area contributed by atoms with Crippen molar-refractivity contribution in [1.82, 2.24) is 14.9 Å². The highest BCUT2D eigenvalue weighted by molar-refractivity contribution is 7.89. The average molecular weight is 481 g/mol. The first kappa shape index (κ1) is 24.4. The van der Waals surface area contributed by atoms with Gasteiger partial charge in [-0.25, -0.2) is 17.6 Å². The number of amides is 3. The Morgan fingerprint density at radius 1 is 1.12 bits per heavy atom. The molecule has 3 rings (SSSR count). The zero-order valence-corrected chi connectivity index (χ0v) is 18.8. The van der Waals surface area contributed by atoms with Gasteiger partial charge in [0.15, 0.2) is 5.75 Å². The highest BCUT2D eigenvalue weighted by atomic mass is 32.2. The van der Waals surface area contributed by atoms with E-state index in [4.69, 9.17) is 9.47 Å². The number of anilines is 1. The molecule has 0 spiro atoms. The number of urea groups is 1. The fraction of sp³-hybridized carbons (Fsp3) is 0.333. The molecule has 1 fully saturated rings. The normalized spacial score (nSPS) is 14.4. The van der Waals surface area contributed by atoms with E-state index in [1.807, 2.05) is 0 Å². The van der Waals surface area contributed by atoms with E-state index < -0.39 is 27.8 Å². The maximum absolute atomic E-state index is 13.2. The van der Waals surface area contributed by atoms with Crippen molar-refractivity contribution in [3.8, 4) is 11.5 Å². The Bertz CT molecular complexity index is 1090. The third-order valence-electron chi connectivity index (χ3n) is 4.63. The molecule has 1 heterocycles. The summed E-state index contributed by atoms with van der Waals surface area (Å²) >= 11 is 0. The van der Waals surface area contributed by atoms with Gasteiger partial charge in [-0.2, -0.15) is 4.31 Å². The molecule has 0 saturated carbocycles. The monoisotopic (exact) mass is 480 g/mol. The van der Waals surface area contributed by atoms with E-state index in [1.165, 1.54) is 46.8 Å². The second kappa shape index (κ2) is 11.1. The van der Waals surface area contributed by atoms with Crippen molar-refractivity contribution in [3.05, 3.63) is 48.3 Å². The first-order valence-corrected chi connectivity index (χ1v) is 11.7. The Labute approximate surface area is 191 Å². The minimum atomic E-state index is -3.80. The summed E-state index contributed by atoms with van der Waals surface area (Å²) in [6, 6.07) is 8.82. The van der Waals surface area contributed by atoms with E-state index in [0.29, 0.717) is 25.5 Å². The third-order valence-corrected chi connectivity index (χ3v) is 6.52. The topological polar surface area (TPSA) is 126 Å². The number of carbonyl (C=O) groups excluding carboxylic acids is 2. The molecule has 33 heavy (non-hydrogen) atoms. The van der Waals surface area contributed by atoms with Crippen LogP contribution in [0.1, 0.15) is 6.92 Å². The fourth-order valence-electron chi connectivity index (χ4n) is 3.01. The molecule has 10 nitrogen and oxygen atoms in total. The summed E-state index contributed by atoms with van der Waals surface area (Å²) < 4.78 is 51.6. The second-order valence-corrected chi connectivity index (χ2v) is 8.93. The van der Waals surface area contributed by atoms with Crippen LogP contribution in [0, 0.1) is 5.82 Å². The van der Waals surface area contributed by atoms with Gasteiger partial charge in [0.1, 0.15) is 11.6 Å². The molecule has 0 radical (unpaired) electrons. The highest BCUT2D eigenvalue weighted by Crippen LogP contribution is 2.33. The molecule has 0 atom stereocenters. The lowest BCUT2D eigenvalue weighted by Gasteiger charge is -2.26. The Hall–Kier alpha value is -3.22. The molecule has 3 N–H and O–H groups in total. The fourth-order valence-corrected chi connectivity index (χ4v) is 4.45. The van der Waals surface area contributed by atoms with Gasteiger partial charge < -0.3 is 20.1 Å². The number of nitrogens with zero attached hydrogens (tertiary/aromatic N) is 1. The molecule has 1 saturated heterocycles. The number of hydrogen-bond donors (Lipinski definition) is 3. The van der Waals surface area contributed by atoms with Crippen LogP contribution in [0.25, 0.3) is 0 Å². The van der Waals surface area contributed by atoms with Gasteiger partial charge in [-0.1, -0.05) is 0 Å². The number of rotatable bonds is 8. The molecule has 3 amide bonds. The number of ether oxygens (including phenoxy) is 2. The second-order valence-electron chi connectivity index (χ2n) is 6.99. The summed E-state index contributed by atoms with van der Waals surface area (Å²) in [6.07, 6.45) is 0. The van der Waals surface area contributed by atoms with E-state index in [2.05, 4.69) is 16.0 Å². The molecular formula is C21H25FN4O6S. The molecule has 2 aromatic rings. The molecule has 0 aromatic heterocycles. The van der Waals surface area contributed by atoms with E-state index in [9.17, 15) is 22.4 Å². The lowest BCUT2D eigenvalue weighted by Crippen LogP contribution is -2.42. The van der Waals surface area contributed by atoms with E-state index in [-0.39, 0.29) is 36.0 Å². The molecule has 2 aromatic carbocycles. The van der Waals surface area contributed by atoms with Crippen LogP contribution >= 0.6 is 0 Å². The number of morpholine rings is 1. The van der Waals surface area contributed by atoms with Gasteiger partial charge in [0.25, 0.3) is 0 Å². The highest BCUT2D eigenvalue weighted by Gasteiger charge is 2.27. The number of imide groups is 1. The minimum Gasteiger partial charge on any atom is -0.455 e. The molecule has 12 heteroatoms. The van der Waals surface area contributed by atoms with E-state index in [0.717, 1.165) is 0 Å². The zero-order chi connectivity index (χ0) is 23.8. The predicted molar refractivity (Wildman–Crippen MR) is 118 cm³/mol. The SMILES string of the molecule is CCNC(=O)NC(=O)CNc1cc(S(=O)(=O)N2CCOCC2)ccc1Oc1ccc(F)cc1. The molecule has 178 valence electrons. The summed E-state index contributed by atoms with van der Waals surface area (Å²) in [5.41, 5.74) is 0.208. The minimum absolute atomic E-state index is 0.00231. The number of benzene rings is 2. The summed E-state index contributed by atoms with van der Waals surface area (Å²) in [6.45, 7) is 2.80. The van der Waals surface area contributed by atoms with Crippen LogP contribution in [-0.4, -0.2) is 64.1 Å². The van der Waals surface area contributed by atoms with Gasteiger partial charge >= 0.3 is 6.03 Å². The predicted octanol–water partition coefficient (Wildman–Crippen LogP) is 1.90. The van der Waals surface area contributed by atoms with Crippen LogP contribution in [-0.2, 0) is 19.6 Å². The lowest BCUT2D eigenvalue weighted by atomic mass is 10.2. The number of nitrogens with one attached hydrogen (secondary N) is 3. The van der Waals surface area contributed by atoms with Crippen molar-refractivity contribution < 1.29 is 31.9 Å². The number of hydrogen-bond acceptors (Lipinski definition) is 7. The standard InChI is InChI=1S/C21H25FN4O6S/c1-2-23-21(28)25-20(27)14-24-18-13-17(33(29,30)26-9-11-31-12-10-26)7-8-19(18)32-16-5-3-15(22)4-6-16/h3-8,13,24H,2,9-12,14H2,1H3,(H2,23,25,27,28). The summed E-state index contributed by atoms with van der Waals surface area (Å²) in [4.78, 5) is 23.6. The molecule has 0 bridgehead atoms. The number of halogens is 1. The summed E-state index contributed by atoms with van der Waals surface area (Å²) in [5.74, 6) is -0.534. The van der Waals surface area contributed by atoms with Gasteiger partial charge in [-0.05, 0) is 49.4 Å². The smallest absolute Gasteiger partial charge is 0.321 e. The number of carbonyl (C=O) groups is 2. The van der Waals surface area contributed by atoms with Gasteiger partial charge in [0, 0.05) is 19.6 Å². The average Bonchev–Trinajstić information content (AvgIpc) is 2.80. The van der Waals surface area contributed by atoms with Crippen molar-refractivity contribution in [2.24, 2.45) is 0 Å². The zero-order valence-electron chi connectivity index (χ0n) is 18.0. The van der Waals surface area contributed by atoms with Gasteiger partial charge in [-0.15, -0.1) is 0 Å². The number of sulfonamides is 1. The Morgan fingerprint density at radius 2 is 1.82 bits per heavy atom. The largest absolute Gasteiger partial charge is 0.455 e. The Balaban J connectivity index is 1.84. The van der Waals surface area contributed by atoms with Crippen molar-refractivity contribution >= 4 is 27.6 Å². The first-order valence-electron chi connectivity index (χ1n) is 10.3. The van der Waals surface area contributed by atoms with Crippen molar-refractivity contribution in [2.75, 3.05) is 44.7 Å². The quantitative estimate of drug-likeness (QED) is 0.527. The van der Waals surface area contributed by atoms with Gasteiger partial charge in [0.2, 0.25) is 15.9 Å². The van der Waals surface area contributed by atoms with Crippen LogP contribution in [0.2, 0.25) is 0 Å². The van der Waals surface area contributed by atoms with E-state index >= 15 is 0 Å². The maximum atomic E-state index is 13.2. The molecule has 1 aliphatic heterocycles. The van der Waals surface area contributed by atoms with Crippen LogP contribution in [0.15, 0.2) is 47.4 Å². The van der Waals surface area contributed by atoms with Crippen molar-refractivity contribution in [1.29, 1.82) is 0 Å². The van der Waals surface area contributed by atoms with Crippen LogP contribution in [0.5, 0.6) is 11.5 Å². The van der Waals surface area contributed by atoms with E-state index in [1.54, 1.807) is 6.92 Å². The lowest BCUT2D eigenvalue weighted by molar-refractivity contribution is -0.118. The van der Waals surface area contributed by atoms with Gasteiger partial charge in [0.05, 0.1) is 30.3 Å². The molecule has 1 aliphatic rings. The maximum Gasteiger partial charge on any atom is 0.321 e. The van der Waals surface area contributed by atoms with Crippen LogP contribution in [0.3, 0.4) is 0 Å². The van der Waals surface area contributed by atoms with Crippen LogP contribution < -0.4 is 20.7 Å². The van der Waals surface area contributed by atoms with Crippen LogP contribution in [0.4, 0.5) is 14.9 Å². The molecular weight excluding hydrogens is 455 g/mol. The van der Waals surface area contributed by atoms with Crippen molar-refractivity contribution in [2.45, 2.75) is 11.8 Å². The summed E-state index contributed by atoms with van der Waals surface area (Å²) in [5, 5.41) is 7.40. The molecule has 0 aliphatic carbocycles. The van der Waals surface area contributed by atoms with Gasteiger partial charge in [-0.3, -0.25) is 10.1 Å². The summed E-state index contributed by atoms with van der Waals surface area (Å²) in [7, 11) is -3.80. The Kier molecular flexibility index (Phi) is 8.20. The third kappa shape index (κ3) is 6.63. The Morgan fingerprint density at radius 3 is 2.48 bits per heavy atom. The first-order chi connectivity index (χ1) is 15.8. The molecule has 0 unspecified atom stereocenters. The van der Waals surface area contributed by atoms with Crippen molar-refractivity contribution in [3.63, 3.8) is 0 Å².